The first kappa shape index (κ1) is 22.4. The number of nitrogens with one attached hydrogen (secondary N) is 1. The summed E-state index contributed by atoms with van der Waals surface area (Å²) in [5.41, 5.74) is 2.29. The van der Waals surface area contributed by atoms with Gasteiger partial charge in [-0.3, -0.25) is 4.79 Å². The van der Waals surface area contributed by atoms with Crippen LogP contribution in [0.3, 0.4) is 0 Å². The lowest BCUT2D eigenvalue weighted by atomic mass is 9.98. The van der Waals surface area contributed by atoms with Crippen LogP contribution in [-0.4, -0.2) is 42.6 Å². The molecule has 1 amide bonds. The van der Waals surface area contributed by atoms with Gasteiger partial charge in [0.25, 0.3) is 5.91 Å². The molecule has 2 heterocycles. The summed E-state index contributed by atoms with van der Waals surface area (Å²) in [7, 11) is 1.34. The monoisotopic (exact) mass is 433 g/mol. The summed E-state index contributed by atoms with van der Waals surface area (Å²) in [6.45, 7) is 6.28. The molecule has 0 radical (unpaired) electrons. The summed E-state index contributed by atoms with van der Waals surface area (Å²) in [6, 6.07) is 6.39. The standard InChI is InChI=1S/C23H29FN2O3S/c1-4-19(22(27)25-20-16(2)15-30-21(20)23(28)29-3)26(11-6-5-7-12-26)14-17-9-8-10-18(24)13-17/h8-10,13,15,19H,4-7,11-12,14H2,1-3H3/p+1. The molecule has 30 heavy (non-hydrogen) atoms. The number of halogens is 1. The second-order valence-electron chi connectivity index (χ2n) is 8.04. The Morgan fingerprint density at radius 2 is 2.00 bits per heavy atom. The number of thiophene rings is 1. The van der Waals surface area contributed by atoms with Crippen LogP contribution in [0.15, 0.2) is 29.6 Å². The number of ether oxygens (including phenoxy) is 1. The Morgan fingerprint density at radius 3 is 2.63 bits per heavy atom. The molecule has 2 aromatic rings. The quantitative estimate of drug-likeness (QED) is 0.499. The van der Waals surface area contributed by atoms with Gasteiger partial charge in [-0.2, -0.15) is 0 Å². The highest BCUT2D eigenvalue weighted by atomic mass is 32.1. The Hall–Kier alpha value is -2.25. The van der Waals surface area contributed by atoms with Crippen LogP contribution in [0.5, 0.6) is 0 Å². The molecule has 1 unspecified atom stereocenters. The van der Waals surface area contributed by atoms with Gasteiger partial charge in [-0.1, -0.05) is 19.1 Å². The number of carbonyl (C=O) groups excluding carboxylic acids is 2. The highest BCUT2D eigenvalue weighted by Gasteiger charge is 2.42. The van der Waals surface area contributed by atoms with Crippen molar-refractivity contribution >= 4 is 28.9 Å². The fourth-order valence-electron chi connectivity index (χ4n) is 4.59. The third kappa shape index (κ3) is 4.73. The zero-order valence-corrected chi connectivity index (χ0v) is 18.7. The maximum absolute atomic E-state index is 13.8. The fraction of sp³-hybridized carbons (Fsp3) is 0.478. The predicted octanol–water partition coefficient (Wildman–Crippen LogP) is 4.90. The molecule has 1 aliphatic rings. The number of aryl methyl sites for hydroxylation is 1. The average molecular weight is 434 g/mol. The van der Waals surface area contributed by atoms with E-state index in [4.69, 9.17) is 4.74 Å². The minimum atomic E-state index is -0.446. The average Bonchev–Trinajstić information content (AvgIpc) is 3.09. The van der Waals surface area contributed by atoms with Crippen LogP contribution in [0.4, 0.5) is 10.1 Å². The van der Waals surface area contributed by atoms with Crippen molar-refractivity contribution in [3.05, 3.63) is 51.5 Å². The van der Waals surface area contributed by atoms with Crippen molar-refractivity contribution in [3.63, 3.8) is 0 Å². The summed E-state index contributed by atoms with van der Waals surface area (Å²) >= 11 is 1.27. The van der Waals surface area contributed by atoms with Crippen LogP contribution in [0.25, 0.3) is 0 Å². The van der Waals surface area contributed by atoms with Crippen molar-refractivity contribution < 1.29 is 23.2 Å². The molecular formula is C23H30FN2O3S+. The van der Waals surface area contributed by atoms with E-state index in [1.54, 1.807) is 12.1 Å². The third-order valence-corrected chi connectivity index (χ3v) is 7.12. The van der Waals surface area contributed by atoms with Crippen molar-refractivity contribution in [1.29, 1.82) is 0 Å². The van der Waals surface area contributed by atoms with Gasteiger partial charge in [0.2, 0.25) is 0 Å². The van der Waals surface area contributed by atoms with E-state index >= 15 is 0 Å². The van der Waals surface area contributed by atoms with Crippen molar-refractivity contribution in [2.75, 3.05) is 25.5 Å². The van der Waals surface area contributed by atoms with Gasteiger partial charge in [-0.05, 0) is 49.3 Å². The topological polar surface area (TPSA) is 55.4 Å². The van der Waals surface area contributed by atoms with Crippen molar-refractivity contribution in [2.45, 2.75) is 52.1 Å². The molecule has 1 N–H and O–H groups in total. The summed E-state index contributed by atoms with van der Waals surface area (Å²) < 4.78 is 19.3. The number of quaternary nitrogens is 1. The van der Waals surface area contributed by atoms with Gasteiger partial charge in [0.1, 0.15) is 17.2 Å². The molecule has 5 nitrogen and oxygen atoms in total. The lowest BCUT2D eigenvalue weighted by Gasteiger charge is -2.46. The van der Waals surface area contributed by atoms with E-state index in [0.29, 0.717) is 28.0 Å². The van der Waals surface area contributed by atoms with E-state index in [-0.39, 0.29) is 17.8 Å². The van der Waals surface area contributed by atoms with E-state index in [2.05, 4.69) is 5.32 Å². The first-order chi connectivity index (χ1) is 14.4. The predicted molar refractivity (Wildman–Crippen MR) is 117 cm³/mol. The first-order valence-electron chi connectivity index (χ1n) is 10.5. The zero-order chi connectivity index (χ0) is 21.7. The number of nitrogens with zero attached hydrogens (tertiary/aromatic N) is 1. The molecular weight excluding hydrogens is 403 g/mol. The Bertz CT molecular complexity index is 906. The number of benzene rings is 1. The van der Waals surface area contributed by atoms with Gasteiger partial charge >= 0.3 is 5.97 Å². The molecule has 0 spiro atoms. The normalized spacial score (nSPS) is 16.7. The maximum Gasteiger partial charge on any atom is 0.350 e. The number of hydrogen-bond donors (Lipinski definition) is 1. The minimum Gasteiger partial charge on any atom is -0.465 e. The van der Waals surface area contributed by atoms with Gasteiger partial charge in [-0.25, -0.2) is 9.18 Å². The second-order valence-corrected chi connectivity index (χ2v) is 8.92. The Balaban J connectivity index is 1.90. The van der Waals surface area contributed by atoms with E-state index in [1.165, 1.54) is 24.5 Å². The van der Waals surface area contributed by atoms with Gasteiger partial charge in [-0.15, -0.1) is 11.3 Å². The largest absolute Gasteiger partial charge is 0.465 e. The second kappa shape index (κ2) is 9.71. The molecule has 162 valence electrons. The number of piperidine rings is 1. The summed E-state index contributed by atoms with van der Waals surface area (Å²) in [4.78, 5) is 26.0. The number of esters is 1. The maximum atomic E-state index is 13.8. The van der Waals surface area contributed by atoms with Crippen LogP contribution in [0, 0.1) is 12.7 Å². The molecule has 1 atom stereocenters. The number of likely N-dealkylation sites (tertiary alicyclic amines) is 1. The van der Waals surface area contributed by atoms with Gasteiger partial charge < -0.3 is 14.5 Å². The van der Waals surface area contributed by atoms with Crippen molar-refractivity contribution in [2.24, 2.45) is 0 Å². The first-order valence-corrected chi connectivity index (χ1v) is 11.4. The van der Waals surface area contributed by atoms with Crippen LogP contribution in [0.2, 0.25) is 0 Å². The number of carbonyl (C=O) groups is 2. The Morgan fingerprint density at radius 1 is 1.27 bits per heavy atom. The summed E-state index contributed by atoms with van der Waals surface area (Å²) in [5, 5.41) is 4.87. The van der Waals surface area contributed by atoms with Crippen molar-refractivity contribution in [3.8, 4) is 0 Å². The van der Waals surface area contributed by atoms with Crippen LogP contribution >= 0.6 is 11.3 Å². The molecule has 0 bridgehead atoms. The Kier molecular flexibility index (Phi) is 7.26. The van der Waals surface area contributed by atoms with E-state index < -0.39 is 5.97 Å². The number of anilines is 1. The van der Waals surface area contributed by atoms with E-state index in [1.807, 2.05) is 25.3 Å². The lowest BCUT2D eigenvalue weighted by Crippen LogP contribution is -2.61. The van der Waals surface area contributed by atoms with Gasteiger partial charge in [0.15, 0.2) is 6.04 Å². The molecule has 0 aliphatic carbocycles. The number of amides is 1. The van der Waals surface area contributed by atoms with E-state index in [0.717, 1.165) is 43.5 Å². The third-order valence-electron chi connectivity index (χ3n) is 6.04. The van der Waals surface area contributed by atoms with Gasteiger partial charge in [0.05, 0.1) is 25.9 Å². The lowest BCUT2D eigenvalue weighted by molar-refractivity contribution is -0.959. The smallest absolute Gasteiger partial charge is 0.350 e. The van der Waals surface area contributed by atoms with Crippen LogP contribution in [-0.2, 0) is 16.1 Å². The molecule has 1 saturated heterocycles. The SMILES string of the molecule is CCC(C(=O)Nc1c(C)csc1C(=O)OC)[N+]1(Cc2cccc(F)c2)CCCCC1. The summed E-state index contributed by atoms with van der Waals surface area (Å²) in [5.74, 6) is -0.794. The number of methoxy groups -OCH3 is 1. The minimum absolute atomic E-state index is 0.0949. The van der Waals surface area contributed by atoms with Crippen LogP contribution in [0.1, 0.15) is 53.4 Å². The fourth-order valence-corrected chi connectivity index (χ4v) is 5.51. The zero-order valence-electron chi connectivity index (χ0n) is 17.9. The highest BCUT2D eigenvalue weighted by Crippen LogP contribution is 2.32. The molecule has 0 saturated carbocycles. The number of hydrogen-bond acceptors (Lipinski definition) is 4. The molecule has 1 fully saturated rings. The van der Waals surface area contributed by atoms with Gasteiger partial charge in [0, 0.05) is 12.0 Å². The molecule has 7 heteroatoms. The number of rotatable bonds is 7. The Labute approximate surface area is 181 Å². The van der Waals surface area contributed by atoms with Crippen molar-refractivity contribution in [1.82, 2.24) is 0 Å². The summed E-state index contributed by atoms with van der Waals surface area (Å²) in [6.07, 6.45) is 3.91. The molecule has 1 aromatic heterocycles. The molecule has 1 aliphatic heterocycles. The molecule has 1 aromatic carbocycles. The molecule has 3 rings (SSSR count). The highest BCUT2D eigenvalue weighted by molar-refractivity contribution is 7.12. The van der Waals surface area contributed by atoms with Crippen LogP contribution < -0.4 is 5.32 Å². The van der Waals surface area contributed by atoms with E-state index in [9.17, 15) is 14.0 Å².